The smallest absolute Gasteiger partial charge is 0.342 e. The fourth-order valence-corrected chi connectivity index (χ4v) is 2.15. The molecule has 0 amide bonds. The van der Waals surface area contributed by atoms with Crippen molar-refractivity contribution in [2.45, 2.75) is 39.0 Å². The number of carbonyl (C=O) groups is 1. The highest BCUT2D eigenvalue weighted by molar-refractivity contribution is 5.90. The van der Waals surface area contributed by atoms with Crippen molar-refractivity contribution in [3.63, 3.8) is 0 Å². The van der Waals surface area contributed by atoms with Crippen LogP contribution in [0, 0.1) is 11.6 Å². The van der Waals surface area contributed by atoms with Crippen LogP contribution in [0.5, 0.6) is 0 Å². The Bertz CT molecular complexity index is 737. The van der Waals surface area contributed by atoms with Gasteiger partial charge in [-0.2, -0.15) is 0 Å². The first-order valence-corrected chi connectivity index (χ1v) is 7.81. The number of hydrogen-bond acceptors (Lipinski definition) is 5. The van der Waals surface area contributed by atoms with Crippen LogP contribution >= 0.6 is 0 Å². The highest BCUT2D eigenvalue weighted by Crippen LogP contribution is 2.18. The van der Waals surface area contributed by atoms with Gasteiger partial charge in [0.2, 0.25) is 0 Å². The predicted octanol–water partition coefficient (Wildman–Crippen LogP) is 3.34. The van der Waals surface area contributed by atoms with Crippen LogP contribution in [0.1, 0.15) is 48.6 Å². The van der Waals surface area contributed by atoms with Gasteiger partial charge in [0.15, 0.2) is 11.6 Å². The molecule has 5 nitrogen and oxygen atoms in total. The van der Waals surface area contributed by atoms with E-state index in [1.54, 1.807) is 20.8 Å². The van der Waals surface area contributed by atoms with Gasteiger partial charge in [0.1, 0.15) is 16.9 Å². The highest BCUT2D eigenvalue weighted by Gasteiger charge is 2.22. The van der Waals surface area contributed by atoms with Gasteiger partial charge in [-0.25, -0.2) is 13.6 Å². The number of carbonyl (C=O) groups excluding carboxylic acids is 1. The van der Waals surface area contributed by atoms with E-state index >= 15 is 0 Å². The lowest BCUT2D eigenvalue weighted by molar-refractivity contribution is 0.00670. The minimum atomic E-state index is -1.03. The Balaban J connectivity index is 1.93. The Hall–Kier alpha value is -2.25. The standard InChI is InChI=1S/C18H21F2NO4/c1-18(2,3)25-17(23)12-6-7-24-16(12)10-21-9-15(22)11-4-5-13(19)14(20)8-11/h4-8,15,21-22H,9-10H2,1-3H3. The van der Waals surface area contributed by atoms with E-state index in [0.29, 0.717) is 11.3 Å². The SMILES string of the molecule is CC(C)(C)OC(=O)c1ccoc1CNCC(O)c1ccc(F)c(F)c1. The van der Waals surface area contributed by atoms with Crippen LogP contribution in [0.3, 0.4) is 0 Å². The van der Waals surface area contributed by atoms with E-state index in [1.807, 2.05) is 0 Å². The number of furan rings is 1. The number of nitrogens with one attached hydrogen (secondary N) is 1. The van der Waals surface area contributed by atoms with Crippen molar-refractivity contribution in [3.05, 3.63) is 59.1 Å². The van der Waals surface area contributed by atoms with E-state index in [9.17, 15) is 18.7 Å². The molecule has 1 heterocycles. The van der Waals surface area contributed by atoms with E-state index in [0.717, 1.165) is 12.1 Å². The summed E-state index contributed by atoms with van der Waals surface area (Å²) in [6, 6.07) is 4.72. The maximum atomic E-state index is 13.2. The number of benzene rings is 1. The molecule has 0 saturated carbocycles. The number of aliphatic hydroxyl groups is 1. The second-order valence-electron chi connectivity index (χ2n) is 6.58. The number of rotatable bonds is 6. The van der Waals surface area contributed by atoms with Crippen molar-refractivity contribution in [2.24, 2.45) is 0 Å². The first-order valence-electron chi connectivity index (χ1n) is 7.81. The van der Waals surface area contributed by atoms with Crippen molar-refractivity contribution in [3.8, 4) is 0 Å². The van der Waals surface area contributed by atoms with Crippen LogP contribution in [0.25, 0.3) is 0 Å². The normalized spacial score (nSPS) is 12.9. The van der Waals surface area contributed by atoms with E-state index in [1.165, 1.54) is 18.4 Å². The van der Waals surface area contributed by atoms with Crippen molar-refractivity contribution in [1.29, 1.82) is 0 Å². The minimum Gasteiger partial charge on any atom is -0.467 e. The quantitative estimate of drug-likeness (QED) is 0.780. The monoisotopic (exact) mass is 353 g/mol. The van der Waals surface area contributed by atoms with Gasteiger partial charge in [0, 0.05) is 6.54 Å². The van der Waals surface area contributed by atoms with Gasteiger partial charge < -0.3 is 19.6 Å². The van der Waals surface area contributed by atoms with Crippen molar-refractivity contribution in [2.75, 3.05) is 6.54 Å². The van der Waals surface area contributed by atoms with Gasteiger partial charge in [0.25, 0.3) is 0 Å². The molecule has 0 aliphatic rings. The molecule has 0 saturated heterocycles. The topological polar surface area (TPSA) is 71.7 Å². The summed E-state index contributed by atoms with van der Waals surface area (Å²) in [6.45, 7) is 5.53. The van der Waals surface area contributed by atoms with Gasteiger partial charge in [0.05, 0.1) is 18.9 Å². The summed E-state index contributed by atoms with van der Waals surface area (Å²) in [5, 5.41) is 12.9. The number of hydrogen-bond donors (Lipinski definition) is 2. The van der Waals surface area contributed by atoms with E-state index in [-0.39, 0.29) is 18.7 Å². The van der Waals surface area contributed by atoms with Crippen molar-refractivity contribution < 1.29 is 27.8 Å². The van der Waals surface area contributed by atoms with E-state index in [2.05, 4.69) is 5.32 Å². The van der Waals surface area contributed by atoms with Gasteiger partial charge in [-0.05, 0) is 44.5 Å². The number of ether oxygens (including phenoxy) is 1. The molecule has 0 aliphatic heterocycles. The lowest BCUT2D eigenvalue weighted by atomic mass is 10.1. The summed E-state index contributed by atoms with van der Waals surface area (Å²) in [5.41, 5.74) is -0.0787. The summed E-state index contributed by atoms with van der Waals surface area (Å²) < 4.78 is 36.7. The molecule has 136 valence electrons. The molecule has 0 aliphatic carbocycles. The molecule has 2 rings (SSSR count). The summed E-state index contributed by atoms with van der Waals surface area (Å²) >= 11 is 0. The number of esters is 1. The molecule has 1 aromatic carbocycles. The first kappa shape index (κ1) is 19.1. The van der Waals surface area contributed by atoms with Crippen LogP contribution in [-0.2, 0) is 11.3 Å². The fourth-order valence-electron chi connectivity index (χ4n) is 2.15. The zero-order valence-corrected chi connectivity index (χ0v) is 14.3. The van der Waals surface area contributed by atoms with Crippen LogP contribution < -0.4 is 5.32 Å². The average Bonchev–Trinajstić information content (AvgIpc) is 2.97. The van der Waals surface area contributed by atoms with E-state index < -0.39 is 29.3 Å². The largest absolute Gasteiger partial charge is 0.467 e. The Labute approximate surface area is 144 Å². The lowest BCUT2D eigenvalue weighted by Crippen LogP contribution is -2.25. The third-order valence-corrected chi connectivity index (χ3v) is 3.32. The minimum absolute atomic E-state index is 0.0690. The van der Waals surface area contributed by atoms with E-state index in [4.69, 9.17) is 9.15 Å². The Morgan fingerprint density at radius 3 is 2.64 bits per heavy atom. The third-order valence-electron chi connectivity index (χ3n) is 3.32. The van der Waals surface area contributed by atoms with Crippen LogP contribution in [-0.4, -0.2) is 23.2 Å². The summed E-state index contributed by atoms with van der Waals surface area (Å²) in [6.07, 6.45) is 0.345. The second-order valence-corrected chi connectivity index (χ2v) is 6.58. The van der Waals surface area contributed by atoms with Crippen LogP contribution in [0.2, 0.25) is 0 Å². The molecule has 1 aromatic heterocycles. The average molecular weight is 353 g/mol. The first-order chi connectivity index (χ1) is 11.7. The Kier molecular flexibility index (Phi) is 5.92. The van der Waals surface area contributed by atoms with Crippen LogP contribution in [0.4, 0.5) is 8.78 Å². The molecule has 0 radical (unpaired) electrons. The van der Waals surface area contributed by atoms with Gasteiger partial charge in [-0.15, -0.1) is 0 Å². The molecule has 0 spiro atoms. The third kappa shape index (κ3) is 5.37. The molecule has 2 N–H and O–H groups in total. The molecule has 7 heteroatoms. The lowest BCUT2D eigenvalue weighted by Gasteiger charge is -2.19. The van der Waals surface area contributed by atoms with Crippen molar-refractivity contribution >= 4 is 5.97 Å². The van der Waals surface area contributed by atoms with Crippen molar-refractivity contribution in [1.82, 2.24) is 5.32 Å². The molecular formula is C18H21F2NO4. The van der Waals surface area contributed by atoms with Gasteiger partial charge in [-0.1, -0.05) is 6.07 Å². The molecular weight excluding hydrogens is 332 g/mol. The zero-order valence-electron chi connectivity index (χ0n) is 14.3. The molecule has 0 bridgehead atoms. The van der Waals surface area contributed by atoms with Gasteiger partial charge in [-0.3, -0.25) is 0 Å². The number of halogens is 2. The summed E-state index contributed by atoms with van der Waals surface area (Å²) in [7, 11) is 0. The van der Waals surface area contributed by atoms with Crippen LogP contribution in [0.15, 0.2) is 34.9 Å². The fraction of sp³-hybridized carbons (Fsp3) is 0.389. The maximum absolute atomic E-state index is 13.2. The zero-order chi connectivity index (χ0) is 18.6. The molecule has 1 atom stereocenters. The molecule has 25 heavy (non-hydrogen) atoms. The van der Waals surface area contributed by atoms with Gasteiger partial charge >= 0.3 is 5.97 Å². The maximum Gasteiger partial charge on any atom is 0.342 e. The Morgan fingerprint density at radius 2 is 2.00 bits per heavy atom. The summed E-state index contributed by atoms with van der Waals surface area (Å²) in [4.78, 5) is 12.1. The highest BCUT2D eigenvalue weighted by atomic mass is 19.2. The summed E-state index contributed by atoms with van der Waals surface area (Å²) in [5.74, 6) is -2.12. The molecule has 1 unspecified atom stereocenters. The predicted molar refractivity (Wildman–Crippen MR) is 86.9 cm³/mol. The molecule has 2 aromatic rings. The number of aliphatic hydroxyl groups excluding tert-OH is 1. The second kappa shape index (κ2) is 7.76. The molecule has 0 fully saturated rings. The Morgan fingerprint density at radius 1 is 1.28 bits per heavy atom.